The molecule has 0 unspecified atom stereocenters. The van der Waals surface area contributed by atoms with Crippen LogP contribution in [0.1, 0.15) is 40.5 Å². The summed E-state index contributed by atoms with van der Waals surface area (Å²) in [6, 6.07) is 9.22. The molecular formula is C19H20N4O2. The highest BCUT2D eigenvalue weighted by Gasteiger charge is 2.28. The largest absolute Gasteiger partial charge is 0.497 e. The first-order valence-electron chi connectivity index (χ1n) is 8.36. The number of carbonyl (C=O) groups is 1. The van der Waals surface area contributed by atoms with Crippen LogP contribution in [-0.4, -0.2) is 27.8 Å². The van der Waals surface area contributed by atoms with Crippen LogP contribution in [0.3, 0.4) is 0 Å². The van der Waals surface area contributed by atoms with E-state index in [1.807, 2.05) is 44.3 Å². The smallest absolute Gasteiger partial charge is 0.256 e. The minimum absolute atomic E-state index is 0.143. The lowest BCUT2D eigenvalue weighted by atomic mass is 10.1. The van der Waals surface area contributed by atoms with Crippen LogP contribution in [0.4, 0.5) is 5.69 Å². The number of anilines is 1. The van der Waals surface area contributed by atoms with Crippen LogP contribution < -0.4 is 10.1 Å². The third kappa shape index (κ3) is 2.84. The normalized spacial score (nSPS) is 13.9. The van der Waals surface area contributed by atoms with Crippen molar-refractivity contribution in [1.82, 2.24) is 14.8 Å². The lowest BCUT2D eigenvalue weighted by Crippen LogP contribution is -2.13. The lowest BCUT2D eigenvalue weighted by Gasteiger charge is -2.09. The molecule has 0 spiro atoms. The Morgan fingerprint density at radius 3 is 2.64 bits per heavy atom. The number of hydrogen-bond acceptors (Lipinski definition) is 4. The average Bonchev–Trinajstić information content (AvgIpc) is 3.42. The number of carbonyl (C=O) groups excluding carboxylic acids is 1. The molecular weight excluding hydrogens is 316 g/mol. The van der Waals surface area contributed by atoms with E-state index in [-0.39, 0.29) is 5.91 Å². The maximum Gasteiger partial charge on any atom is 0.256 e. The van der Waals surface area contributed by atoms with Gasteiger partial charge in [0.1, 0.15) is 5.75 Å². The molecule has 2 heterocycles. The van der Waals surface area contributed by atoms with Gasteiger partial charge in [-0.15, -0.1) is 0 Å². The summed E-state index contributed by atoms with van der Waals surface area (Å²) in [5, 5.41) is 8.22. The number of pyridine rings is 1. The molecule has 25 heavy (non-hydrogen) atoms. The van der Waals surface area contributed by atoms with Crippen LogP contribution in [0.2, 0.25) is 0 Å². The van der Waals surface area contributed by atoms with E-state index in [4.69, 9.17) is 9.72 Å². The maximum absolute atomic E-state index is 12.9. The van der Waals surface area contributed by atoms with E-state index >= 15 is 0 Å². The van der Waals surface area contributed by atoms with Crippen molar-refractivity contribution in [2.75, 3.05) is 12.4 Å². The fourth-order valence-corrected chi connectivity index (χ4v) is 3.10. The number of hydrogen-bond donors (Lipinski definition) is 1. The van der Waals surface area contributed by atoms with Crippen LogP contribution in [0.25, 0.3) is 11.0 Å². The van der Waals surface area contributed by atoms with Crippen LogP contribution in [0, 0.1) is 6.92 Å². The van der Waals surface area contributed by atoms with Gasteiger partial charge in [-0.05, 0) is 50.1 Å². The molecule has 1 aliphatic rings. The SMILES string of the molecule is COc1ccc(NC(=O)c2cc(C3CC3)nc3c2c(C)nn3C)cc1. The summed E-state index contributed by atoms with van der Waals surface area (Å²) in [6.07, 6.45) is 2.27. The van der Waals surface area contributed by atoms with Crippen molar-refractivity contribution >= 4 is 22.6 Å². The monoisotopic (exact) mass is 336 g/mol. The van der Waals surface area contributed by atoms with Crippen LogP contribution in [0.5, 0.6) is 5.75 Å². The van der Waals surface area contributed by atoms with Crippen LogP contribution >= 0.6 is 0 Å². The van der Waals surface area contributed by atoms with Gasteiger partial charge < -0.3 is 10.1 Å². The Labute approximate surface area is 145 Å². The van der Waals surface area contributed by atoms with Gasteiger partial charge >= 0.3 is 0 Å². The molecule has 128 valence electrons. The first kappa shape index (κ1) is 15.6. The number of aryl methyl sites for hydroxylation is 2. The zero-order chi connectivity index (χ0) is 17.6. The van der Waals surface area contributed by atoms with Crippen LogP contribution in [0.15, 0.2) is 30.3 Å². The van der Waals surface area contributed by atoms with Crippen molar-refractivity contribution in [3.8, 4) is 5.75 Å². The summed E-state index contributed by atoms with van der Waals surface area (Å²) in [5.41, 5.74) is 3.92. The van der Waals surface area contributed by atoms with E-state index < -0.39 is 0 Å². The molecule has 2 aromatic heterocycles. The second kappa shape index (κ2) is 5.88. The molecule has 1 aromatic carbocycles. The molecule has 1 N–H and O–H groups in total. The van der Waals surface area contributed by atoms with Crippen molar-refractivity contribution < 1.29 is 9.53 Å². The van der Waals surface area contributed by atoms with E-state index in [0.29, 0.717) is 11.5 Å². The Hall–Kier alpha value is -2.89. The van der Waals surface area contributed by atoms with Gasteiger partial charge in [-0.1, -0.05) is 0 Å². The van der Waals surface area contributed by atoms with Crippen molar-refractivity contribution in [3.05, 3.63) is 47.3 Å². The van der Waals surface area contributed by atoms with E-state index in [0.717, 1.165) is 46.7 Å². The number of methoxy groups -OCH3 is 1. The number of amides is 1. The van der Waals surface area contributed by atoms with Gasteiger partial charge in [0.25, 0.3) is 5.91 Å². The average molecular weight is 336 g/mol. The number of nitrogens with one attached hydrogen (secondary N) is 1. The van der Waals surface area contributed by atoms with Gasteiger partial charge in [0.2, 0.25) is 0 Å². The molecule has 4 rings (SSSR count). The van der Waals surface area contributed by atoms with Gasteiger partial charge in [-0.25, -0.2) is 4.98 Å². The summed E-state index contributed by atoms with van der Waals surface area (Å²) in [5.74, 6) is 1.08. The first-order chi connectivity index (χ1) is 12.1. The van der Waals surface area contributed by atoms with Gasteiger partial charge in [-0.2, -0.15) is 5.10 Å². The Balaban J connectivity index is 1.74. The fraction of sp³-hybridized carbons (Fsp3) is 0.316. The van der Waals surface area contributed by atoms with Gasteiger partial charge in [0, 0.05) is 24.3 Å². The van der Waals surface area contributed by atoms with Gasteiger partial charge in [0.15, 0.2) is 5.65 Å². The number of fused-ring (bicyclic) bond motifs is 1. The molecule has 0 atom stereocenters. The molecule has 1 aliphatic carbocycles. The Morgan fingerprint density at radius 1 is 1.28 bits per heavy atom. The van der Waals surface area contributed by atoms with Gasteiger partial charge in [0.05, 0.1) is 23.8 Å². The van der Waals surface area contributed by atoms with E-state index in [2.05, 4.69) is 10.4 Å². The number of rotatable bonds is 4. The Kier molecular flexibility index (Phi) is 3.67. The number of aromatic nitrogens is 3. The third-order valence-electron chi connectivity index (χ3n) is 4.58. The van der Waals surface area contributed by atoms with Crippen molar-refractivity contribution in [1.29, 1.82) is 0 Å². The molecule has 0 saturated heterocycles. The lowest BCUT2D eigenvalue weighted by molar-refractivity contribution is 0.102. The molecule has 6 nitrogen and oxygen atoms in total. The Morgan fingerprint density at radius 2 is 2.00 bits per heavy atom. The van der Waals surface area contributed by atoms with Gasteiger partial charge in [-0.3, -0.25) is 9.48 Å². The van der Waals surface area contributed by atoms with Crippen molar-refractivity contribution in [2.45, 2.75) is 25.7 Å². The highest BCUT2D eigenvalue weighted by atomic mass is 16.5. The summed E-state index contributed by atoms with van der Waals surface area (Å²) in [4.78, 5) is 17.7. The number of benzene rings is 1. The predicted molar refractivity (Wildman–Crippen MR) is 96.2 cm³/mol. The third-order valence-corrected chi connectivity index (χ3v) is 4.58. The highest BCUT2D eigenvalue weighted by molar-refractivity contribution is 6.12. The van der Waals surface area contributed by atoms with E-state index in [9.17, 15) is 4.79 Å². The summed E-state index contributed by atoms with van der Waals surface area (Å²) < 4.78 is 6.90. The molecule has 1 fully saturated rings. The summed E-state index contributed by atoms with van der Waals surface area (Å²) in [7, 11) is 3.48. The highest BCUT2D eigenvalue weighted by Crippen LogP contribution is 2.40. The summed E-state index contributed by atoms with van der Waals surface area (Å²) in [6.45, 7) is 1.91. The second-order valence-electron chi connectivity index (χ2n) is 6.46. The maximum atomic E-state index is 12.9. The molecule has 0 radical (unpaired) electrons. The Bertz CT molecular complexity index is 956. The zero-order valence-corrected chi connectivity index (χ0v) is 14.5. The van der Waals surface area contributed by atoms with Crippen molar-refractivity contribution in [2.24, 2.45) is 7.05 Å². The topological polar surface area (TPSA) is 69.0 Å². The van der Waals surface area contributed by atoms with Crippen molar-refractivity contribution in [3.63, 3.8) is 0 Å². The molecule has 6 heteroatoms. The predicted octanol–water partition coefficient (Wildman–Crippen LogP) is 3.42. The second-order valence-corrected chi connectivity index (χ2v) is 6.46. The standard InChI is InChI=1S/C19H20N4O2/c1-11-17-15(19(24)20-13-6-8-14(25-3)9-7-13)10-16(12-4-5-12)21-18(17)23(2)22-11/h6-10,12H,4-5H2,1-3H3,(H,20,24). The van der Waals surface area contributed by atoms with Crippen LogP contribution in [-0.2, 0) is 7.05 Å². The molecule has 1 amide bonds. The fourth-order valence-electron chi connectivity index (χ4n) is 3.10. The first-order valence-corrected chi connectivity index (χ1v) is 8.36. The van der Waals surface area contributed by atoms with E-state index in [1.54, 1.807) is 11.8 Å². The summed E-state index contributed by atoms with van der Waals surface area (Å²) >= 11 is 0. The minimum atomic E-state index is -0.143. The molecule has 3 aromatic rings. The molecule has 1 saturated carbocycles. The van der Waals surface area contributed by atoms with E-state index in [1.165, 1.54) is 0 Å². The molecule has 0 aliphatic heterocycles. The minimum Gasteiger partial charge on any atom is -0.497 e. The number of ether oxygens (including phenoxy) is 1. The number of nitrogens with zero attached hydrogens (tertiary/aromatic N) is 3. The zero-order valence-electron chi connectivity index (χ0n) is 14.5. The molecule has 0 bridgehead atoms. The quantitative estimate of drug-likeness (QED) is 0.793.